The molecule has 2 N–H and O–H groups in total. The Hall–Kier alpha value is -2.62. The summed E-state index contributed by atoms with van der Waals surface area (Å²) < 4.78 is 28.3. The first-order valence-electron chi connectivity index (χ1n) is 24.2. The number of thioether (sulfide) groups is 2. The highest BCUT2D eigenvalue weighted by molar-refractivity contribution is 8.00. The van der Waals surface area contributed by atoms with Gasteiger partial charge in [0.1, 0.15) is 0 Å². The third kappa shape index (κ3) is 16.6. The second kappa shape index (κ2) is 23.4. The van der Waals surface area contributed by atoms with Gasteiger partial charge in [-0.15, -0.1) is 0 Å². The number of benzene rings is 4. The third-order valence-corrected chi connectivity index (χ3v) is 18.3. The quantitative estimate of drug-likeness (QED) is 0.124. The first-order chi connectivity index (χ1) is 30.4. The zero-order chi connectivity index (χ0) is 45.8. The Morgan fingerprint density at radius 2 is 1.06 bits per heavy atom. The number of aliphatic hydroxyl groups is 1. The summed E-state index contributed by atoms with van der Waals surface area (Å²) in [6.07, 6.45) is 17.4. The fourth-order valence-electron chi connectivity index (χ4n) is 9.46. The summed E-state index contributed by atoms with van der Waals surface area (Å²) in [7, 11) is -3.53. The standard InChI is InChI=1S/C30H42ClNOS.C25H35NO2S2/c1-29(2,3)34-22-25-8-6-23(7-9-25)4-5-24-10-16-28(17-11-24)32-20-18-30(33,19-21-32)26-12-14-27(31)15-13-26;1-25(2,3)29-19-22-13-11-20(12-14-22)9-10-21-15-17-23(18-16-21)26-30(27,28)24-7-5-4-6-8-24/h10-17,23,25,33H,4-9,18-22H2,1-3H3;4-8,15-18,20,22,26H,9-14,19H2,1-3H3. The van der Waals surface area contributed by atoms with Crippen molar-refractivity contribution in [1.29, 1.82) is 0 Å². The fourth-order valence-corrected chi connectivity index (χ4v) is 12.8. The van der Waals surface area contributed by atoms with Crippen LogP contribution in [0, 0.1) is 23.7 Å². The number of piperidine rings is 1. The molecule has 3 aliphatic rings. The van der Waals surface area contributed by atoms with Gasteiger partial charge in [-0.25, -0.2) is 8.42 Å². The van der Waals surface area contributed by atoms with Crippen molar-refractivity contribution in [2.75, 3.05) is 34.2 Å². The maximum atomic E-state index is 12.4. The Labute approximate surface area is 401 Å². The van der Waals surface area contributed by atoms with Crippen molar-refractivity contribution in [2.45, 2.75) is 151 Å². The lowest BCUT2D eigenvalue weighted by atomic mass is 9.80. The van der Waals surface area contributed by atoms with E-state index < -0.39 is 15.6 Å². The number of sulfonamides is 1. The molecular formula is C55H77ClN2O3S3. The molecule has 1 aliphatic heterocycles. The molecule has 3 fully saturated rings. The molecule has 0 bridgehead atoms. The molecule has 2 saturated carbocycles. The highest BCUT2D eigenvalue weighted by atomic mass is 35.5. The molecule has 1 saturated heterocycles. The Morgan fingerprint density at radius 3 is 1.52 bits per heavy atom. The topological polar surface area (TPSA) is 69.6 Å². The van der Waals surface area contributed by atoms with E-state index in [1.54, 1.807) is 24.3 Å². The second-order valence-corrected chi connectivity index (χ2v) is 26.8. The van der Waals surface area contributed by atoms with Gasteiger partial charge < -0.3 is 10.0 Å². The average molecular weight is 946 g/mol. The normalized spacial score (nSPS) is 21.7. The van der Waals surface area contributed by atoms with Gasteiger partial charge in [0.25, 0.3) is 10.0 Å². The molecule has 4 aromatic carbocycles. The predicted molar refractivity (Wildman–Crippen MR) is 279 cm³/mol. The van der Waals surface area contributed by atoms with Crippen molar-refractivity contribution >= 4 is 56.5 Å². The molecule has 0 unspecified atom stereocenters. The molecule has 0 spiro atoms. The summed E-state index contributed by atoms with van der Waals surface area (Å²) in [5.74, 6) is 6.20. The smallest absolute Gasteiger partial charge is 0.261 e. The van der Waals surface area contributed by atoms with Crippen LogP contribution < -0.4 is 9.62 Å². The van der Waals surface area contributed by atoms with Crippen LogP contribution in [0.5, 0.6) is 0 Å². The molecule has 0 radical (unpaired) electrons. The van der Waals surface area contributed by atoms with Crippen molar-refractivity contribution in [3.05, 3.63) is 125 Å². The summed E-state index contributed by atoms with van der Waals surface area (Å²) >= 11 is 10.3. The molecular weight excluding hydrogens is 868 g/mol. The van der Waals surface area contributed by atoms with Crippen molar-refractivity contribution in [3.63, 3.8) is 0 Å². The van der Waals surface area contributed by atoms with Crippen molar-refractivity contribution in [2.24, 2.45) is 23.7 Å². The molecule has 7 rings (SSSR count). The van der Waals surface area contributed by atoms with E-state index in [4.69, 9.17) is 11.6 Å². The lowest BCUT2D eigenvalue weighted by Gasteiger charge is -2.39. The fraction of sp³-hybridized carbons (Fsp3) is 0.564. The van der Waals surface area contributed by atoms with Crippen LogP contribution in [0.3, 0.4) is 0 Å². The minimum Gasteiger partial charge on any atom is -0.385 e. The van der Waals surface area contributed by atoms with E-state index in [1.165, 1.54) is 98.9 Å². The number of nitrogens with zero attached hydrogens (tertiary/aromatic N) is 1. The maximum Gasteiger partial charge on any atom is 0.261 e. The number of aryl methyl sites for hydroxylation is 2. The molecule has 5 nitrogen and oxygen atoms in total. The van der Waals surface area contributed by atoms with E-state index in [1.807, 2.05) is 42.5 Å². The summed E-state index contributed by atoms with van der Waals surface area (Å²) in [6.45, 7) is 15.7. The summed E-state index contributed by atoms with van der Waals surface area (Å²) in [4.78, 5) is 2.69. The SMILES string of the molecule is CC(C)(C)SCC1CCC(CCc2ccc(N3CCC(O)(c4ccc(Cl)cc4)CC3)cc2)CC1.CC(C)(C)SCC1CCC(CCc2ccc(NS(=O)(=O)c3ccccc3)cc2)CC1. The molecule has 64 heavy (non-hydrogen) atoms. The lowest BCUT2D eigenvalue weighted by Crippen LogP contribution is -2.42. The molecule has 9 heteroatoms. The summed E-state index contributed by atoms with van der Waals surface area (Å²) in [5, 5.41) is 11.9. The van der Waals surface area contributed by atoms with Crippen LogP contribution in [0.4, 0.5) is 11.4 Å². The van der Waals surface area contributed by atoms with Gasteiger partial charge in [-0.2, -0.15) is 23.5 Å². The number of anilines is 2. The Balaban J connectivity index is 0.000000214. The minimum absolute atomic E-state index is 0.283. The van der Waals surface area contributed by atoms with Crippen LogP contribution in [0.1, 0.15) is 135 Å². The van der Waals surface area contributed by atoms with Crippen LogP contribution in [-0.4, -0.2) is 47.6 Å². The Morgan fingerprint density at radius 1 is 0.625 bits per heavy atom. The van der Waals surface area contributed by atoms with Crippen LogP contribution in [0.25, 0.3) is 0 Å². The van der Waals surface area contributed by atoms with Gasteiger partial charge in [-0.1, -0.05) is 133 Å². The van der Waals surface area contributed by atoms with E-state index in [0.717, 1.165) is 61.6 Å². The van der Waals surface area contributed by atoms with E-state index in [0.29, 0.717) is 20.2 Å². The zero-order valence-electron chi connectivity index (χ0n) is 39.7. The average Bonchev–Trinajstić information content (AvgIpc) is 3.28. The van der Waals surface area contributed by atoms with Gasteiger partial charge >= 0.3 is 0 Å². The first-order valence-corrected chi connectivity index (χ1v) is 28.0. The molecule has 1 heterocycles. The Bertz CT molecular complexity index is 2080. The second-order valence-electron chi connectivity index (χ2n) is 21.0. The van der Waals surface area contributed by atoms with Crippen molar-refractivity contribution in [3.8, 4) is 0 Å². The van der Waals surface area contributed by atoms with Gasteiger partial charge in [-0.3, -0.25) is 4.72 Å². The molecule has 0 aromatic heterocycles. The number of hydrogen-bond donors (Lipinski definition) is 2. The van der Waals surface area contributed by atoms with Crippen molar-refractivity contribution in [1.82, 2.24) is 0 Å². The number of halogens is 1. The molecule has 2 aliphatic carbocycles. The highest BCUT2D eigenvalue weighted by Crippen LogP contribution is 2.39. The number of rotatable bonds is 15. The minimum atomic E-state index is -3.53. The largest absolute Gasteiger partial charge is 0.385 e. The predicted octanol–water partition coefficient (Wildman–Crippen LogP) is 14.9. The molecule has 0 amide bonds. The summed E-state index contributed by atoms with van der Waals surface area (Å²) in [6, 6.07) is 33.2. The lowest BCUT2D eigenvalue weighted by molar-refractivity contribution is 0.0118. The maximum absolute atomic E-state index is 12.4. The van der Waals surface area contributed by atoms with E-state index in [2.05, 4.69) is 111 Å². The third-order valence-electron chi connectivity index (χ3n) is 13.7. The van der Waals surface area contributed by atoms with Gasteiger partial charge in [0.2, 0.25) is 0 Å². The van der Waals surface area contributed by atoms with Crippen LogP contribution in [-0.2, 0) is 28.5 Å². The first kappa shape index (κ1) is 50.8. The van der Waals surface area contributed by atoms with E-state index in [-0.39, 0.29) is 4.90 Å². The van der Waals surface area contributed by atoms with Gasteiger partial charge in [0.15, 0.2) is 0 Å². The van der Waals surface area contributed by atoms with Gasteiger partial charge in [0, 0.05) is 39.0 Å². The number of hydrogen-bond acceptors (Lipinski definition) is 6. The molecule has 4 aromatic rings. The number of nitrogens with one attached hydrogen (secondary N) is 1. The van der Waals surface area contributed by atoms with Crippen LogP contribution in [0.15, 0.2) is 108 Å². The van der Waals surface area contributed by atoms with Gasteiger partial charge in [-0.05, 0) is 165 Å². The van der Waals surface area contributed by atoms with Crippen LogP contribution in [0.2, 0.25) is 5.02 Å². The van der Waals surface area contributed by atoms with E-state index in [9.17, 15) is 13.5 Å². The monoisotopic (exact) mass is 944 g/mol. The Kier molecular flexibility index (Phi) is 18.6. The highest BCUT2D eigenvalue weighted by Gasteiger charge is 2.34. The van der Waals surface area contributed by atoms with Crippen molar-refractivity contribution < 1.29 is 13.5 Å². The molecule has 0 atom stereocenters. The van der Waals surface area contributed by atoms with Crippen LogP contribution >= 0.6 is 35.1 Å². The van der Waals surface area contributed by atoms with E-state index >= 15 is 0 Å². The molecule has 350 valence electrons. The summed E-state index contributed by atoms with van der Waals surface area (Å²) in [5.41, 5.74) is 4.87. The zero-order valence-corrected chi connectivity index (χ0v) is 42.9. The van der Waals surface area contributed by atoms with Gasteiger partial charge in [0.05, 0.1) is 10.5 Å².